The molecular formula is C24H27IN3O2PS. The lowest BCUT2D eigenvalue weighted by Gasteiger charge is -2.21. The number of rotatable bonds is 4. The van der Waals surface area contributed by atoms with Crippen molar-refractivity contribution in [2.45, 2.75) is 25.2 Å². The molecule has 0 bridgehead atoms. The van der Waals surface area contributed by atoms with Crippen molar-refractivity contribution in [2.24, 2.45) is 7.05 Å². The number of nitrogens with zero attached hydrogens (tertiary/aromatic N) is 2. The first kappa shape index (κ1) is 24.9. The molecule has 1 aliphatic rings. The first-order valence-electron chi connectivity index (χ1n) is 10.3. The Balaban J connectivity index is 0.000000207. The fraction of sp³-hybridized carbons (Fsp3) is 0.292. The summed E-state index contributed by atoms with van der Waals surface area (Å²) in [6.07, 6.45) is 4.51. The second-order valence-corrected chi connectivity index (χ2v) is 9.78. The molecule has 1 N–H and O–H groups in total. The zero-order chi connectivity index (χ0) is 23.0. The predicted octanol–water partition coefficient (Wildman–Crippen LogP) is 6.40. The number of benzene rings is 2. The smallest absolute Gasteiger partial charge is 0.170 e. The van der Waals surface area contributed by atoms with Gasteiger partial charge in [-0.3, -0.25) is 0 Å². The second-order valence-electron chi connectivity index (χ2n) is 7.24. The van der Waals surface area contributed by atoms with E-state index in [-0.39, 0.29) is 0 Å². The lowest BCUT2D eigenvalue weighted by Crippen LogP contribution is -2.19. The standard InChI is InChI=1S/C18H17NO.C6H10IN2OPS/c1-2-3-4-14-5-7-15(8-6-14)16-9-10-18-17(13-16)19-11-12-20-18;1-6(12,10-11-7)5-8-3-4-9(5)2/h5-10,13,19H,2,11-12H2,1H3;3-4,11-12H,1-2H3. The number of anilines is 1. The number of nitrogens with one attached hydrogen (secondary N) is 1. The van der Waals surface area contributed by atoms with Crippen LogP contribution in [0.15, 0.2) is 54.9 Å². The van der Waals surface area contributed by atoms with Crippen LogP contribution in [-0.2, 0) is 16.5 Å². The third kappa shape index (κ3) is 6.64. The summed E-state index contributed by atoms with van der Waals surface area (Å²) in [6, 6.07) is 14.6. The van der Waals surface area contributed by atoms with Gasteiger partial charge in [0.1, 0.15) is 12.4 Å². The lowest BCUT2D eigenvalue weighted by atomic mass is 10.0. The summed E-state index contributed by atoms with van der Waals surface area (Å²) in [6.45, 7) is 5.93. The molecule has 0 radical (unpaired) electrons. The van der Waals surface area contributed by atoms with Gasteiger partial charge in [-0.25, -0.2) is 4.98 Å². The zero-order valence-electron chi connectivity index (χ0n) is 18.4. The maximum atomic E-state index is 5.60. The van der Waals surface area contributed by atoms with Gasteiger partial charge in [0.15, 0.2) is 10.8 Å². The third-order valence-electron chi connectivity index (χ3n) is 4.76. The van der Waals surface area contributed by atoms with Crippen LogP contribution in [0.2, 0.25) is 0 Å². The van der Waals surface area contributed by atoms with E-state index >= 15 is 0 Å². The SMILES string of the molecule is CCC#Cc1ccc(-c2ccc3c(c2)NCCO3)cc1.Cn1ccnc1C(C)(S)OPI. The Kier molecular flexibility index (Phi) is 9.30. The summed E-state index contributed by atoms with van der Waals surface area (Å²) in [4.78, 5) is 3.58. The molecule has 8 heteroatoms. The van der Waals surface area contributed by atoms with Gasteiger partial charge in [-0.05, 0) is 64.4 Å². The van der Waals surface area contributed by atoms with E-state index in [0.717, 1.165) is 42.4 Å². The van der Waals surface area contributed by atoms with E-state index in [1.807, 2.05) is 30.8 Å². The average molecular weight is 579 g/mol. The quantitative estimate of drug-likeness (QED) is 0.124. The van der Waals surface area contributed by atoms with E-state index < -0.39 is 4.93 Å². The fourth-order valence-corrected chi connectivity index (χ4v) is 5.63. The molecule has 2 aromatic carbocycles. The molecule has 0 saturated heterocycles. The van der Waals surface area contributed by atoms with Gasteiger partial charge in [-0.2, -0.15) is 0 Å². The predicted molar refractivity (Wildman–Crippen MR) is 146 cm³/mol. The minimum absolute atomic E-state index is 0.384. The lowest BCUT2D eigenvalue weighted by molar-refractivity contribution is 0.212. The first-order valence-corrected chi connectivity index (χ1v) is 14.8. The molecule has 32 heavy (non-hydrogen) atoms. The van der Waals surface area contributed by atoms with Crippen LogP contribution in [0.5, 0.6) is 5.75 Å². The number of halogens is 1. The van der Waals surface area contributed by atoms with Crippen LogP contribution >= 0.6 is 41.1 Å². The molecule has 0 amide bonds. The largest absolute Gasteiger partial charge is 0.490 e. The van der Waals surface area contributed by atoms with E-state index in [1.165, 1.54) is 11.1 Å². The maximum absolute atomic E-state index is 5.60. The Morgan fingerprint density at radius 2 is 2.03 bits per heavy atom. The van der Waals surface area contributed by atoms with Gasteiger partial charge in [0.25, 0.3) is 0 Å². The van der Waals surface area contributed by atoms with E-state index in [0.29, 0.717) is 6.45 Å². The summed E-state index contributed by atoms with van der Waals surface area (Å²) in [5.41, 5.74) is 4.53. The number of hydrogen-bond acceptors (Lipinski definition) is 5. The minimum atomic E-state index is -0.585. The van der Waals surface area contributed by atoms with Crippen molar-refractivity contribution >= 4 is 46.8 Å². The molecule has 5 nitrogen and oxygen atoms in total. The van der Waals surface area contributed by atoms with Crippen molar-refractivity contribution in [3.8, 4) is 28.7 Å². The molecule has 1 aliphatic heterocycles. The molecular weight excluding hydrogens is 552 g/mol. The summed E-state index contributed by atoms with van der Waals surface area (Å²) >= 11 is 6.56. The highest BCUT2D eigenvalue weighted by Crippen LogP contribution is 2.38. The molecule has 2 heterocycles. The van der Waals surface area contributed by atoms with E-state index in [4.69, 9.17) is 9.26 Å². The van der Waals surface area contributed by atoms with Crippen LogP contribution < -0.4 is 10.1 Å². The van der Waals surface area contributed by atoms with Crippen LogP contribution in [0.25, 0.3) is 11.1 Å². The van der Waals surface area contributed by atoms with E-state index in [9.17, 15) is 0 Å². The Hall–Kier alpha value is -1.72. The van der Waals surface area contributed by atoms with Gasteiger partial charge in [-0.15, -0.1) is 12.6 Å². The van der Waals surface area contributed by atoms with Crippen molar-refractivity contribution in [3.63, 3.8) is 0 Å². The normalized spacial score (nSPS) is 14.2. The molecule has 0 aliphatic carbocycles. The Morgan fingerprint density at radius 3 is 2.69 bits per heavy atom. The van der Waals surface area contributed by atoms with E-state index in [2.05, 4.69) is 100 Å². The molecule has 2 atom stereocenters. The first-order chi connectivity index (χ1) is 15.4. The highest BCUT2D eigenvalue weighted by molar-refractivity contribution is 14.2. The van der Waals surface area contributed by atoms with Gasteiger partial charge in [-0.1, -0.05) is 37.0 Å². The van der Waals surface area contributed by atoms with Gasteiger partial charge < -0.3 is 19.1 Å². The van der Waals surface area contributed by atoms with Crippen molar-refractivity contribution < 1.29 is 9.26 Å². The van der Waals surface area contributed by atoms with Crippen LogP contribution in [-0.4, -0.2) is 22.7 Å². The molecule has 2 unspecified atom stereocenters. The Labute approximate surface area is 210 Å². The number of hydrogen-bond donors (Lipinski definition) is 2. The topological polar surface area (TPSA) is 48.3 Å². The molecule has 1 aromatic heterocycles. The highest BCUT2D eigenvalue weighted by Gasteiger charge is 2.26. The summed E-state index contributed by atoms with van der Waals surface area (Å²) in [7, 11) is 1.93. The number of aromatic nitrogens is 2. The van der Waals surface area contributed by atoms with Crippen LogP contribution in [0.3, 0.4) is 0 Å². The number of thiol groups is 1. The Bertz CT molecular complexity index is 1090. The monoisotopic (exact) mass is 579 g/mol. The molecule has 4 rings (SSSR count). The summed E-state index contributed by atoms with van der Waals surface area (Å²) in [5.74, 6) is 7.99. The van der Waals surface area contributed by atoms with E-state index in [1.54, 1.807) is 6.20 Å². The van der Waals surface area contributed by atoms with Crippen molar-refractivity contribution in [2.75, 3.05) is 18.5 Å². The van der Waals surface area contributed by atoms with Crippen molar-refractivity contribution in [1.29, 1.82) is 0 Å². The molecule has 0 saturated carbocycles. The average Bonchev–Trinajstić information content (AvgIpc) is 3.25. The molecule has 0 fully saturated rings. The number of fused-ring (bicyclic) bond motifs is 1. The van der Waals surface area contributed by atoms with Crippen LogP contribution in [0.4, 0.5) is 5.69 Å². The third-order valence-corrected chi connectivity index (χ3v) is 6.36. The van der Waals surface area contributed by atoms with Crippen LogP contribution in [0.1, 0.15) is 31.7 Å². The number of imidazole rings is 1. The van der Waals surface area contributed by atoms with Gasteiger partial charge in [0, 0.05) is 38.0 Å². The zero-order valence-corrected chi connectivity index (χ0v) is 22.4. The van der Waals surface area contributed by atoms with Crippen molar-refractivity contribution in [3.05, 3.63) is 66.2 Å². The maximum Gasteiger partial charge on any atom is 0.170 e. The molecule has 3 aromatic rings. The fourth-order valence-electron chi connectivity index (χ4n) is 3.19. The molecule has 168 valence electrons. The van der Waals surface area contributed by atoms with Gasteiger partial charge >= 0.3 is 0 Å². The number of ether oxygens (including phenoxy) is 1. The van der Waals surface area contributed by atoms with Crippen LogP contribution in [0, 0.1) is 11.8 Å². The summed E-state index contributed by atoms with van der Waals surface area (Å²) in [5, 5.41) is 3.36. The summed E-state index contributed by atoms with van der Waals surface area (Å²) < 4.78 is 13.0. The molecule has 0 spiro atoms. The number of aryl methyl sites for hydroxylation is 1. The van der Waals surface area contributed by atoms with Crippen molar-refractivity contribution in [1.82, 2.24) is 9.55 Å². The minimum Gasteiger partial charge on any atom is -0.490 e. The van der Waals surface area contributed by atoms with Gasteiger partial charge in [0.05, 0.1) is 12.1 Å². The second kappa shape index (κ2) is 11.9. The highest BCUT2D eigenvalue weighted by atomic mass is 127. The Morgan fingerprint density at radius 1 is 1.28 bits per heavy atom. The van der Waals surface area contributed by atoms with Gasteiger partial charge in [0.2, 0.25) is 0 Å².